The molecule has 4 heteroatoms. The van der Waals surface area contributed by atoms with E-state index in [0.717, 1.165) is 49.9 Å². The van der Waals surface area contributed by atoms with Gasteiger partial charge in [-0.25, -0.2) is 0 Å². The average molecular weight is 300 g/mol. The number of piperidine rings is 1. The smallest absolute Gasteiger partial charge is 0.127 e. The summed E-state index contributed by atoms with van der Waals surface area (Å²) < 4.78 is 5.76. The van der Waals surface area contributed by atoms with Crippen molar-refractivity contribution in [1.29, 1.82) is 0 Å². The van der Waals surface area contributed by atoms with Gasteiger partial charge in [-0.15, -0.1) is 11.6 Å². The van der Waals surface area contributed by atoms with E-state index in [-0.39, 0.29) is 0 Å². The van der Waals surface area contributed by atoms with Crippen LogP contribution in [0.4, 0.5) is 0 Å². The summed E-state index contributed by atoms with van der Waals surface area (Å²) in [5.74, 6) is 1.61. The quantitative estimate of drug-likeness (QED) is 0.772. The van der Waals surface area contributed by atoms with Gasteiger partial charge in [0.2, 0.25) is 0 Å². The van der Waals surface area contributed by atoms with Crippen LogP contribution in [-0.4, -0.2) is 30.0 Å². The van der Waals surface area contributed by atoms with E-state index in [2.05, 4.69) is 11.8 Å². The molecule has 0 aromatic heterocycles. The van der Waals surface area contributed by atoms with Crippen molar-refractivity contribution in [2.75, 3.05) is 19.7 Å². The summed E-state index contributed by atoms with van der Waals surface area (Å²) in [6, 6.07) is 4.07. The van der Waals surface area contributed by atoms with Crippen molar-refractivity contribution in [3.8, 4) is 5.75 Å². The second-order valence-corrected chi connectivity index (χ2v) is 6.67. The molecule has 2 heterocycles. The minimum atomic E-state index is 0.317. The van der Waals surface area contributed by atoms with E-state index >= 15 is 0 Å². The van der Waals surface area contributed by atoms with Crippen LogP contribution in [0.3, 0.4) is 0 Å². The van der Waals surface area contributed by atoms with Gasteiger partial charge in [0, 0.05) is 35.5 Å². The van der Waals surface area contributed by atoms with Crippen molar-refractivity contribution >= 4 is 23.2 Å². The number of rotatable bonds is 2. The Kier molecular flexibility index (Phi) is 3.93. The topological polar surface area (TPSA) is 12.5 Å². The molecule has 1 fully saturated rings. The van der Waals surface area contributed by atoms with Crippen LogP contribution in [0.2, 0.25) is 5.02 Å². The Bertz CT molecular complexity index is 477. The third-order valence-corrected chi connectivity index (χ3v) is 4.97. The van der Waals surface area contributed by atoms with Crippen LogP contribution in [0.5, 0.6) is 5.75 Å². The predicted octanol–water partition coefficient (Wildman–Crippen LogP) is 3.72. The zero-order valence-electron chi connectivity index (χ0n) is 11.2. The molecule has 2 unspecified atom stereocenters. The van der Waals surface area contributed by atoms with E-state index in [1.807, 2.05) is 12.1 Å². The Morgan fingerprint density at radius 1 is 1.42 bits per heavy atom. The lowest BCUT2D eigenvalue weighted by atomic mass is 9.98. The van der Waals surface area contributed by atoms with Gasteiger partial charge in [-0.3, -0.25) is 4.90 Å². The van der Waals surface area contributed by atoms with Crippen LogP contribution < -0.4 is 4.74 Å². The van der Waals surface area contributed by atoms with Gasteiger partial charge in [-0.1, -0.05) is 18.5 Å². The zero-order valence-corrected chi connectivity index (χ0v) is 12.7. The molecule has 0 bridgehead atoms. The third kappa shape index (κ3) is 2.86. The maximum absolute atomic E-state index is 6.28. The summed E-state index contributed by atoms with van der Waals surface area (Å²) in [5.41, 5.74) is 2.48. The molecule has 1 saturated heterocycles. The molecule has 0 amide bonds. The molecule has 19 heavy (non-hydrogen) atoms. The predicted molar refractivity (Wildman–Crippen MR) is 79.4 cm³/mol. The van der Waals surface area contributed by atoms with Crippen molar-refractivity contribution in [2.45, 2.75) is 31.7 Å². The van der Waals surface area contributed by atoms with E-state index in [0.29, 0.717) is 11.3 Å². The second kappa shape index (κ2) is 5.51. The summed E-state index contributed by atoms with van der Waals surface area (Å²) in [6.45, 7) is 6.03. The van der Waals surface area contributed by atoms with Gasteiger partial charge in [0.15, 0.2) is 0 Å². The number of hydrogen-bond acceptors (Lipinski definition) is 2. The van der Waals surface area contributed by atoms with Gasteiger partial charge in [0.25, 0.3) is 0 Å². The molecular formula is C15H19Cl2NO. The van der Waals surface area contributed by atoms with Crippen molar-refractivity contribution in [3.05, 3.63) is 28.3 Å². The number of likely N-dealkylation sites (tertiary alicyclic amines) is 1. The minimum Gasteiger partial charge on any atom is -0.493 e. The van der Waals surface area contributed by atoms with Gasteiger partial charge in [-0.05, 0) is 36.6 Å². The first-order chi connectivity index (χ1) is 9.13. The Morgan fingerprint density at radius 3 is 3.05 bits per heavy atom. The highest BCUT2D eigenvalue weighted by atomic mass is 35.5. The molecule has 0 aliphatic carbocycles. The molecule has 0 spiro atoms. The monoisotopic (exact) mass is 299 g/mol. The van der Waals surface area contributed by atoms with Crippen LogP contribution in [0.25, 0.3) is 0 Å². The largest absolute Gasteiger partial charge is 0.493 e. The van der Waals surface area contributed by atoms with Crippen LogP contribution >= 0.6 is 23.2 Å². The van der Waals surface area contributed by atoms with Crippen LogP contribution in [-0.2, 0) is 13.0 Å². The number of ether oxygens (including phenoxy) is 1. The molecule has 2 atom stereocenters. The van der Waals surface area contributed by atoms with Crippen LogP contribution in [0.1, 0.15) is 24.5 Å². The minimum absolute atomic E-state index is 0.317. The van der Waals surface area contributed by atoms with Crippen molar-refractivity contribution in [1.82, 2.24) is 4.90 Å². The normalized spacial score (nSPS) is 27.1. The molecule has 1 aromatic rings. The lowest BCUT2D eigenvalue weighted by molar-refractivity contribution is 0.178. The maximum atomic E-state index is 6.28. The fourth-order valence-electron chi connectivity index (χ4n) is 3.05. The molecule has 3 rings (SSSR count). The first kappa shape index (κ1) is 13.5. The summed E-state index contributed by atoms with van der Waals surface area (Å²) in [5, 5.41) is 1.14. The Morgan fingerprint density at radius 2 is 2.26 bits per heavy atom. The number of benzene rings is 1. The van der Waals surface area contributed by atoms with Gasteiger partial charge < -0.3 is 4.74 Å². The average Bonchev–Trinajstić information content (AvgIpc) is 2.82. The van der Waals surface area contributed by atoms with Crippen LogP contribution in [0, 0.1) is 5.92 Å². The fraction of sp³-hybridized carbons (Fsp3) is 0.600. The van der Waals surface area contributed by atoms with E-state index < -0.39 is 0 Å². The van der Waals surface area contributed by atoms with Crippen molar-refractivity contribution in [3.63, 3.8) is 0 Å². The highest BCUT2D eigenvalue weighted by molar-refractivity contribution is 6.30. The zero-order chi connectivity index (χ0) is 13.4. The van der Waals surface area contributed by atoms with Crippen molar-refractivity contribution in [2.24, 2.45) is 5.92 Å². The highest BCUT2D eigenvalue weighted by Gasteiger charge is 2.26. The molecule has 0 N–H and O–H groups in total. The van der Waals surface area contributed by atoms with Crippen LogP contribution in [0.15, 0.2) is 12.1 Å². The molecule has 2 aliphatic heterocycles. The number of nitrogens with zero attached hydrogens (tertiary/aromatic N) is 1. The molecule has 2 aliphatic rings. The number of fused-ring (bicyclic) bond motifs is 1. The number of hydrogen-bond donors (Lipinski definition) is 0. The third-order valence-electron chi connectivity index (χ3n) is 4.10. The van der Waals surface area contributed by atoms with E-state index in [1.165, 1.54) is 11.1 Å². The standard InChI is InChI=1S/C15H19Cl2NO/c1-10-8-18(4-2-14(10)17)9-12-7-13(16)6-11-3-5-19-15(11)12/h6-7,10,14H,2-5,8-9H2,1H3. The Labute approximate surface area is 124 Å². The second-order valence-electron chi connectivity index (χ2n) is 5.67. The highest BCUT2D eigenvalue weighted by Crippen LogP contribution is 2.34. The van der Waals surface area contributed by atoms with E-state index in [1.54, 1.807) is 0 Å². The molecule has 1 aromatic carbocycles. The fourth-order valence-corrected chi connectivity index (χ4v) is 3.49. The first-order valence-corrected chi connectivity index (χ1v) is 7.75. The number of alkyl halides is 1. The summed E-state index contributed by atoms with van der Waals surface area (Å²) in [4.78, 5) is 2.46. The van der Waals surface area contributed by atoms with Gasteiger partial charge in [0.05, 0.1) is 6.61 Å². The maximum Gasteiger partial charge on any atom is 0.127 e. The first-order valence-electron chi connectivity index (χ1n) is 6.94. The van der Waals surface area contributed by atoms with Gasteiger partial charge >= 0.3 is 0 Å². The summed E-state index contributed by atoms with van der Waals surface area (Å²) in [7, 11) is 0. The van der Waals surface area contributed by atoms with Crippen molar-refractivity contribution < 1.29 is 4.74 Å². The van der Waals surface area contributed by atoms with E-state index in [9.17, 15) is 0 Å². The summed E-state index contributed by atoms with van der Waals surface area (Å²) in [6.07, 6.45) is 2.04. The SMILES string of the molecule is CC1CN(Cc2cc(Cl)cc3c2OCC3)CCC1Cl. The lowest BCUT2D eigenvalue weighted by Crippen LogP contribution is -2.39. The lowest BCUT2D eigenvalue weighted by Gasteiger charge is -2.34. The molecular weight excluding hydrogens is 281 g/mol. The van der Waals surface area contributed by atoms with Gasteiger partial charge in [-0.2, -0.15) is 0 Å². The molecule has 0 saturated carbocycles. The van der Waals surface area contributed by atoms with E-state index in [4.69, 9.17) is 27.9 Å². The summed E-state index contributed by atoms with van der Waals surface area (Å²) >= 11 is 12.5. The molecule has 104 valence electrons. The molecule has 0 radical (unpaired) electrons. The van der Waals surface area contributed by atoms with Gasteiger partial charge in [0.1, 0.15) is 5.75 Å². The Balaban J connectivity index is 1.77. The Hall–Kier alpha value is -0.440. The molecule has 2 nitrogen and oxygen atoms in total. The number of halogens is 2.